The van der Waals surface area contributed by atoms with Crippen molar-refractivity contribution in [1.29, 1.82) is 0 Å². The molecule has 0 aliphatic carbocycles. The van der Waals surface area contributed by atoms with E-state index in [1.165, 1.54) is 6.92 Å². The zero-order valence-electron chi connectivity index (χ0n) is 10.7. The van der Waals surface area contributed by atoms with Crippen LogP contribution < -0.4 is 10.0 Å². The number of furan rings is 1. The highest BCUT2D eigenvalue weighted by molar-refractivity contribution is 7.89. The Labute approximate surface area is 115 Å². The molecule has 1 fully saturated rings. The first-order valence-corrected chi connectivity index (χ1v) is 7.40. The second-order valence-corrected chi connectivity index (χ2v) is 6.23. The van der Waals surface area contributed by atoms with Crippen LogP contribution >= 0.6 is 0 Å². The van der Waals surface area contributed by atoms with Crippen LogP contribution in [0.25, 0.3) is 0 Å². The van der Waals surface area contributed by atoms with Gasteiger partial charge in [-0.15, -0.1) is 0 Å². The van der Waals surface area contributed by atoms with E-state index in [0.717, 1.165) is 6.07 Å². The minimum atomic E-state index is -3.87. The van der Waals surface area contributed by atoms with Gasteiger partial charge in [0.15, 0.2) is 0 Å². The molecule has 9 heteroatoms. The normalized spacial score (nSPS) is 19.1. The number of carboxylic acids is 1. The third-order valence-electron chi connectivity index (χ3n) is 2.98. The fourth-order valence-corrected chi connectivity index (χ4v) is 3.21. The summed E-state index contributed by atoms with van der Waals surface area (Å²) in [6.07, 6.45) is 0.937. The van der Waals surface area contributed by atoms with Gasteiger partial charge in [0.2, 0.25) is 21.7 Å². The van der Waals surface area contributed by atoms with Crippen molar-refractivity contribution in [2.75, 3.05) is 6.54 Å². The standard InChI is InChI=1S/C11H14N2O6S/c1-6-9(4-8(19-6)11(15)16)20(17,18)12-5-7-2-3-10(14)13-7/h4,7,12H,2-3,5H2,1H3,(H,13,14)(H,15,16). The fraction of sp³-hybridized carbons (Fsp3) is 0.455. The second-order valence-electron chi connectivity index (χ2n) is 4.49. The largest absolute Gasteiger partial charge is 0.475 e. The van der Waals surface area contributed by atoms with Gasteiger partial charge < -0.3 is 14.8 Å². The SMILES string of the molecule is Cc1oc(C(=O)O)cc1S(=O)(=O)NCC1CCC(=O)N1. The van der Waals surface area contributed by atoms with Crippen molar-refractivity contribution >= 4 is 21.9 Å². The quantitative estimate of drug-likeness (QED) is 0.694. The maximum absolute atomic E-state index is 12.1. The van der Waals surface area contributed by atoms with Gasteiger partial charge in [-0.2, -0.15) is 0 Å². The third-order valence-corrected chi connectivity index (χ3v) is 4.51. The van der Waals surface area contributed by atoms with Crippen LogP contribution in [0.4, 0.5) is 0 Å². The molecule has 1 aromatic heterocycles. The minimum absolute atomic E-state index is 0.00496. The number of aromatic carboxylic acids is 1. The molecular formula is C11H14N2O6S. The molecule has 20 heavy (non-hydrogen) atoms. The number of rotatable bonds is 5. The topological polar surface area (TPSA) is 126 Å². The number of hydrogen-bond acceptors (Lipinski definition) is 5. The Balaban J connectivity index is 2.10. The molecule has 1 saturated heterocycles. The van der Waals surface area contributed by atoms with Crippen LogP contribution in [-0.4, -0.2) is 38.0 Å². The molecule has 1 aliphatic heterocycles. The van der Waals surface area contributed by atoms with Crippen molar-refractivity contribution < 1.29 is 27.5 Å². The molecule has 0 aromatic carbocycles. The van der Waals surface area contributed by atoms with E-state index in [-0.39, 0.29) is 29.1 Å². The maximum Gasteiger partial charge on any atom is 0.371 e. The fourth-order valence-electron chi connectivity index (χ4n) is 1.96. The maximum atomic E-state index is 12.1. The highest BCUT2D eigenvalue weighted by atomic mass is 32.2. The summed E-state index contributed by atoms with van der Waals surface area (Å²) < 4.78 is 31.3. The van der Waals surface area contributed by atoms with Gasteiger partial charge in [0.25, 0.3) is 0 Å². The van der Waals surface area contributed by atoms with Crippen LogP contribution in [0.2, 0.25) is 0 Å². The molecule has 0 bridgehead atoms. The predicted octanol–water partition coefficient (Wildman–Crippen LogP) is -0.157. The Kier molecular flexibility index (Phi) is 3.82. The summed E-state index contributed by atoms with van der Waals surface area (Å²) in [6, 6.07) is 0.719. The lowest BCUT2D eigenvalue weighted by Crippen LogP contribution is -2.38. The average molecular weight is 302 g/mol. The van der Waals surface area contributed by atoms with Gasteiger partial charge in [0.1, 0.15) is 10.7 Å². The number of amides is 1. The molecule has 1 aromatic rings. The van der Waals surface area contributed by atoms with E-state index in [4.69, 9.17) is 9.52 Å². The lowest BCUT2D eigenvalue weighted by Gasteiger charge is -2.11. The van der Waals surface area contributed by atoms with Gasteiger partial charge >= 0.3 is 5.97 Å². The Morgan fingerprint density at radius 1 is 1.60 bits per heavy atom. The Hall–Kier alpha value is -1.87. The molecule has 1 atom stereocenters. The molecule has 0 spiro atoms. The molecule has 110 valence electrons. The molecule has 1 aliphatic rings. The average Bonchev–Trinajstić information content (AvgIpc) is 2.93. The summed E-state index contributed by atoms with van der Waals surface area (Å²) in [5.74, 6) is -1.87. The van der Waals surface area contributed by atoms with Crippen LogP contribution in [0, 0.1) is 6.92 Å². The summed E-state index contributed by atoms with van der Waals surface area (Å²) in [6.45, 7) is 1.43. The van der Waals surface area contributed by atoms with Crippen LogP contribution in [0.15, 0.2) is 15.4 Å². The minimum Gasteiger partial charge on any atom is -0.475 e. The number of carboxylic acid groups (broad SMARTS) is 1. The predicted molar refractivity (Wildman–Crippen MR) is 66.8 cm³/mol. The molecule has 3 N–H and O–H groups in total. The van der Waals surface area contributed by atoms with E-state index in [1.54, 1.807) is 0 Å². The number of nitrogens with one attached hydrogen (secondary N) is 2. The van der Waals surface area contributed by atoms with E-state index in [1.807, 2.05) is 0 Å². The number of hydrogen-bond donors (Lipinski definition) is 3. The number of sulfonamides is 1. The van der Waals surface area contributed by atoms with E-state index in [2.05, 4.69) is 10.0 Å². The van der Waals surface area contributed by atoms with E-state index in [0.29, 0.717) is 12.8 Å². The number of carbonyl (C=O) groups is 2. The Morgan fingerprint density at radius 2 is 2.30 bits per heavy atom. The van der Waals surface area contributed by atoms with E-state index in [9.17, 15) is 18.0 Å². The molecule has 2 rings (SSSR count). The first-order valence-electron chi connectivity index (χ1n) is 5.92. The lowest BCUT2D eigenvalue weighted by atomic mass is 10.2. The zero-order chi connectivity index (χ0) is 14.9. The van der Waals surface area contributed by atoms with Gasteiger partial charge in [-0.3, -0.25) is 4.79 Å². The van der Waals surface area contributed by atoms with E-state index < -0.39 is 21.8 Å². The van der Waals surface area contributed by atoms with Crippen LogP contribution in [0.5, 0.6) is 0 Å². The molecule has 0 radical (unpaired) electrons. The van der Waals surface area contributed by atoms with Crippen molar-refractivity contribution in [2.45, 2.75) is 30.7 Å². The molecule has 1 amide bonds. The second kappa shape index (κ2) is 5.25. The summed E-state index contributed by atoms with van der Waals surface area (Å²) in [5.41, 5.74) is 0. The van der Waals surface area contributed by atoms with Crippen LogP contribution in [-0.2, 0) is 14.8 Å². The summed E-state index contributed by atoms with van der Waals surface area (Å²) in [4.78, 5) is 21.5. The number of carbonyl (C=O) groups excluding carboxylic acids is 1. The van der Waals surface area contributed by atoms with Crippen molar-refractivity contribution in [1.82, 2.24) is 10.0 Å². The summed E-state index contributed by atoms with van der Waals surface area (Å²) >= 11 is 0. The van der Waals surface area contributed by atoms with Gasteiger partial charge in [-0.05, 0) is 13.3 Å². The monoisotopic (exact) mass is 302 g/mol. The van der Waals surface area contributed by atoms with Gasteiger partial charge in [-0.25, -0.2) is 17.9 Å². The third kappa shape index (κ3) is 2.99. The summed E-state index contributed by atoms with van der Waals surface area (Å²) in [7, 11) is -3.87. The Bertz CT molecular complexity index is 648. The van der Waals surface area contributed by atoms with Crippen LogP contribution in [0.1, 0.15) is 29.2 Å². The lowest BCUT2D eigenvalue weighted by molar-refractivity contribution is -0.119. The smallest absolute Gasteiger partial charge is 0.371 e. The van der Waals surface area contributed by atoms with Crippen molar-refractivity contribution in [2.24, 2.45) is 0 Å². The Morgan fingerprint density at radius 3 is 2.80 bits per heavy atom. The first kappa shape index (κ1) is 14.5. The molecule has 2 heterocycles. The molecular weight excluding hydrogens is 288 g/mol. The highest BCUT2D eigenvalue weighted by Gasteiger charge is 2.26. The highest BCUT2D eigenvalue weighted by Crippen LogP contribution is 2.20. The van der Waals surface area contributed by atoms with E-state index >= 15 is 0 Å². The molecule has 0 saturated carbocycles. The van der Waals surface area contributed by atoms with Gasteiger partial charge in [0.05, 0.1) is 0 Å². The number of aryl methyl sites for hydroxylation is 1. The van der Waals surface area contributed by atoms with Crippen molar-refractivity contribution in [3.8, 4) is 0 Å². The van der Waals surface area contributed by atoms with Crippen molar-refractivity contribution in [3.05, 3.63) is 17.6 Å². The molecule has 1 unspecified atom stereocenters. The van der Waals surface area contributed by atoms with Crippen molar-refractivity contribution in [3.63, 3.8) is 0 Å². The summed E-state index contributed by atoms with van der Waals surface area (Å²) in [5, 5.41) is 11.4. The van der Waals surface area contributed by atoms with Gasteiger partial charge in [-0.1, -0.05) is 0 Å². The van der Waals surface area contributed by atoms with Crippen LogP contribution in [0.3, 0.4) is 0 Å². The van der Waals surface area contributed by atoms with Gasteiger partial charge in [0, 0.05) is 25.1 Å². The molecule has 8 nitrogen and oxygen atoms in total. The zero-order valence-corrected chi connectivity index (χ0v) is 11.5. The first-order chi connectivity index (χ1) is 9.29.